The summed E-state index contributed by atoms with van der Waals surface area (Å²) < 4.78 is 68.1. The molecule has 1 rings (SSSR count). The first kappa shape index (κ1) is 18.9. The Labute approximate surface area is 127 Å². The van der Waals surface area contributed by atoms with Crippen molar-refractivity contribution in [2.24, 2.45) is 0 Å². The number of ether oxygens (including phenoxy) is 1. The molecule has 0 aromatic heterocycles. The zero-order chi connectivity index (χ0) is 17.1. The molecule has 22 heavy (non-hydrogen) atoms. The van der Waals surface area contributed by atoms with Crippen LogP contribution >= 0.6 is 0 Å². The van der Waals surface area contributed by atoms with Crippen molar-refractivity contribution >= 4 is 10.0 Å². The van der Waals surface area contributed by atoms with Gasteiger partial charge in [-0.25, -0.2) is 8.42 Å². The zero-order valence-corrected chi connectivity index (χ0v) is 13.2. The number of sulfonamides is 1. The largest absolute Gasteiger partial charge is 0.416 e. The molecular formula is C13H18F3NO4S. The number of hydrogen-bond acceptors (Lipinski definition) is 4. The summed E-state index contributed by atoms with van der Waals surface area (Å²) >= 11 is 0. The first-order valence-electron chi connectivity index (χ1n) is 6.31. The molecule has 0 heterocycles. The van der Waals surface area contributed by atoms with Gasteiger partial charge in [-0.05, 0) is 30.7 Å². The van der Waals surface area contributed by atoms with Crippen LogP contribution in [0.1, 0.15) is 11.1 Å². The third-order valence-corrected chi connectivity index (χ3v) is 5.00. The number of halogens is 3. The number of nitrogens with zero attached hydrogens (tertiary/aromatic N) is 1. The van der Waals surface area contributed by atoms with Gasteiger partial charge in [-0.1, -0.05) is 0 Å². The molecule has 0 fully saturated rings. The van der Waals surface area contributed by atoms with Crippen molar-refractivity contribution in [3.8, 4) is 0 Å². The first-order chi connectivity index (χ1) is 10.00. The van der Waals surface area contributed by atoms with E-state index in [0.717, 1.165) is 22.5 Å². The second-order valence-electron chi connectivity index (χ2n) is 4.87. The summed E-state index contributed by atoms with van der Waals surface area (Å²) in [5, 5.41) is 9.57. The topological polar surface area (TPSA) is 66.8 Å². The Bertz CT molecular complexity index is 616. The molecule has 0 aliphatic heterocycles. The van der Waals surface area contributed by atoms with Crippen LogP contribution in [0.25, 0.3) is 0 Å². The van der Waals surface area contributed by atoms with Crippen LogP contribution in [0.4, 0.5) is 13.2 Å². The Hall–Kier alpha value is -1.16. The van der Waals surface area contributed by atoms with E-state index in [9.17, 15) is 26.7 Å². The number of hydrogen-bond donors (Lipinski definition) is 1. The van der Waals surface area contributed by atoms with Gasteiger partial charge in [-0.3, -0.25) is 0 Å². The molecule has 0 spiro atoms. The minimum atomic E-state index is -4.53. The van der Waals surface area contributed by atoms with Crippen molar-refractivity contribution in [1.82, 2.24) is 4.31 Å². The first-order valence-corrected chi connectivity index (χ1v) is 7.75. The minimum absolute atomic E-state index is 0.0112. The Morgan fingerprint density at radius 2 is 1.95 bits per heavy atom. The quantitative estimate of drug-likeness (QED) is 0.854. The minimum Gasteiger partial charge on any atom is -0.389 e. The molecule has 0 saturated heterocycles. The highest BCUT2D eigenvalue weighted by Gasteiger charge is 2.32. The predicted molar refractivity (Wildman–Crippen MR) is 73.9 cm³/mol. The van der Waals surface area contributed by atoms with Crippen LogP contribution < -0.4 is 0 Å². The maximum Gasteiger partial charge on any atom is 0.416 e. The monoisotopic (exact) mass is 341 g/mol. The highest BCUT2D eigenvalue weighted by molar-refractivity contribution is 7.89. The van der Waals surface area contributed by atoms with E-state index in [0.29, 0.717) is 0 Å². The highest BCUT2D eigenvalue weighted by Crippen LogP contribution is 2.31. The van der Waals surface area contributed by atoms with E-state index >= 15 is 0 Å². The Balaban J connectivity index is 3.08. The van der Waals surface area contributed by atoms with Crippen molar-refractivity contribution in [1.29, 1.82) is 0 Å². The Morgan fingerprint density at radius 3 is 2.41 bits per heavy atom. The maximum absolute atomic E-state index is 12.6. The standard InChI is InChI=1S/C13H18F3NO4S/c1-9-6-10(13(14,15)16)4-5-12(9)22(19,20)17(2)7-11(18)8-21-3/h4-6,11,18H,7-8H2,1-3H3/t11-/m1/s1. The summed E-state index contributed by atoms with van der Waals surface area (Å²) in [6, 6.07) is 2.43. The summed E-state index contributed by atoms with van der Waals surface area (Å²) in [6.07, 6.45) is -5.56. The lowest BCUT2D eigenvalue weighted by Gasteiger charge is -2.21. The van der Waals surface area contributed by atoms with Crippen LogP contribution in [0.2, 0.25) is 0 Å². The van der Waals surface area contributed by atoms with Gasteiger partial charge in [-0.15, -0.1) is 0 Å². The van der Waals surface area contributed by atoms with E-state index in [2.05, 4.69) is 0 Å². The Morgan fingerprint density at radius 1 is 1.36 bits per heavy atom. The van der Waals surface area contributed by atoms with Gasteiger partial charge in [0.05, 0.1) is 23.2 Å². The fourth-order valence-corrected chi connectivity index (χ4v) is 3.33. The molecule has 1 aromatic rings. The Kier molecular flexibility index (Phi) is 5.96. The van der Waals surface area contributed by atoms with Gasteiger partial charge in [0.2, 0.25) is 10.0 Å². The van der Waals surface area contributed by atoms with E-state index in [-0.39, 0.29) is 23.6 Å². The van der Waals surface area contributed by atoms with Crippen LogP contribution in [0.15, 0.2) is 23.1 Å². The lowest BCUT2D eigenvalue weighted by Crippen LogP contribution is -2.36. The number of likely N-dealkylation sites (N-methyl/N-ethyl adjacent to an activating group) is 1. The van der Waals surface area contributed by atoms with E-state index in [1.165, 1.54) is 21.1 Å². The molecule has 9 heteroatoms. The lowest BCUT2D eigenvalue weighted by molar-refractivity contribution is -0.137. The molecule has 0 aliphatic carbocycles. The second-order valence-corrected chi connectivity index (χ2v) is 6.89. The van der Waals surface area contributed by atoms with E-state index in [1.807, 2.05) is 0 Å². The number of aliphatic hydroxyl groups is 1. The van der Waals surface area contributed by atoms with Gasteiger partial charge < -0.3 is 9.84 Å². The van der Waals surface area contributed by atoms with E-state index in [1.54, 1.807) is 0 Å². The fourth-order valence-electron chi connectivity index (χ4n) is 1.92. The lowest BCUT2D eigenvalue weighted by atomic mass is 10.1. The summed E-state index contributed by atoms with van der Waals surface area (Å²) in [7, 11) is -1.39. The maximum atomic E-state index is 12.6. The molecule has 0 unspecified atom stereocenters. The molecule has 1 N–H and O–H groups in total. The van der Waals surface area contributed by atoms with Crippen molar-refractivity contribution in [3.05, 3.63) is 29.3 Å². The number of benzene rings is 1. The number of rotatable bonds is 6. The van der Waals surface area contributed by atoms with Crippen molar-refractivity contribution < 1.29 is 31.4 Å². The summed E-state index contributed by atoms with van der Waals surface area (Å²) in [5.41, 5.74) is -0.922. The van der Waals surface area contributed by atoms with Crippen molar-refractivity contribution in [2.45, 2.75) is 24.1 Å². The molecular weight excluding hydrogens is 323 g/mol. The summed E-state index contributed by atoms with van der Waals surface area (Å²) in [6.45, 7) is 1.02. The van der Waals surface area contributed by atoms with Crippen LogP contribution in [0.3, 0.4) is 0 Å². The van der Waals surface area contributed by atoms with E-state index in [4.69, 9.17) is 4.74 Å². The highest BCUT2D eigenvalue weighted by atomic mass is 32.2. The normalized spacial score (nSPS) is 14.4. The molecule has 0 aliphatic rings. The SMILES string of the molecule is COC[C@H](O)CN(C)S(=O)(=O)c1ccc(C(F)(F)F)cc1C. The van der Waals surface area contributed by atoms with Gasteiger partial charge in [0, 0.05) is 20.7 Å². The van der Waals surface area contributed by atoms with Crippen LogP contribution in [-0.2, 0) is 20.9 Å². The zero-order valence-electron chi connectivity index (χ0n) is 12.4. The number of methoxy groups -OCH3 is 1. The molecule has 0 saturated carbocycles. The average molecular weight is 341 g/mol. The van der Waals surface area contributed by atoms with E-state index < -0.39 is 27.9 Å². The molecule has 5 nitrogen and oxygen atoms in total. The van der Waals surface area contributed by atoms with Crippen molar-refractivity contribution in [3.63, 3.8) is 0 Å². The van der Waals surface area contributed by atoms with Crippen LogP contribution in [0.5, 0.6) is 0 Å². The van der Waals surface area contributed by atoms with Gasteiger partial charge in [-0.2, -0.15) is 17.5 Å². The molecule has 126 valence electrons. The van der Waals surface area contributed by atoms with Crippen LogP contribution in [0, 0.1) is 6.92 Å². The van der Waals surface area contributed by atoms with Gasteiger partial charge in [0.25, 0.3) is 0 Å². The third kappa shape index (κ3) is 4.42. The average Bonchev–Trinajstić information content (AvgIpc) is 2.37. The number of aliphatic hydroxyl groups excluding tert-OH is 1. The van der Waals surface area contributed by atoms with Gasteiger partial charge in [0.1, 0.15) is 0 Å². The second kappa shape index (κ2) is 6.95. The predicted octanol–water partition coefficient (Wildman–Crippen LogP) is 1.64. The molecule has 1 aromatic carbocycles. The third-order valence-electron chi connectivity index (χ3n) is 3.02. The van der Waals surface area contributed by atoms with Gasteiger partial charge >= 0.3 is 6.18 Å². The molecule has 1 atom stereocenters. The molecule has 0 radical (unpaired) electrons. The van der Waals surface area contributed by atoms with Crippen molar-refractivity contribution in [2.75, 3.05) is 27.3 Å². The smallest absolute Gasteiger partial charge is 0.389 e. The summed E-state index contributed by atoms with van der Waals surface area (Å²) in [5.74, 6) is 0. The molecule has 0 amide bonds. The fraction of sp³-hybridized carbons (Fsp3) is 0.538. The molecule has 0 bridgehead atoms. The number of alkyl halides is 3. The summed E-state index contributed by atoms with van der Waals surface area (Å²) in [4.78, 5) is -0.229. The number of aryl methyl sites for hydroxylation is 1. The van der Waals surface area contributed by atoms with Gasteiger partial charge in [0.15, 0.2) is 0 Å². The van der Waals surface area contributed by atoms with Crippen LogP contribution in [-0.4, -0.2) is 51.2 Å².